The molecule has 0 unspecified atom stereocenters. The molecule has 6 heteroatoms. The third-order valence-corrected chi connectivity index (χ3v) is 3.10. The number of hydrogen-bond acceptors (Lipinski definition) is 4. The van der Waals surface area contributed by atoms with Crippen LogP contribution in [0.3, 0.4) is 0 Å². The number of hydrogen-bond donors (Lipinski definition) is 1. The second kappa shape index (κ2) is 5.19. The van der Waals surface area contributed by atoms with Crippen molar-refractivity contribution >= 4 is 5.91 Å². The van der Waals surface area contributed by atoms with Crippen LogP contribution in [-0.2, 0) is 4.74 Å². The van der Waals surface area contributed by atoms with Gasteiger partial charge in [0.2, 0.25) is 0 Å². The Balaban J connectivity index is 1.84. The van der Waals surface area contributed by atoms with Crippen molar-refractivity contribution in [2.45, 2.75) is 0 Å². The molecule has 1 saturated heterocycles. The average molecular weight is 258 g/mol. The van der Waals surface area contributed by atoms with Crippen LogP contribution in [0.1, 0.15) is 10.4 Å². The number of amides is 1. The van der Waals surface area contributed by atoms with Gasteiger partial charge < -0.3 is 9.64 Å². The van der Waals surface area contributed by atoms with Crippen LogP contribution in [0.5, 0.6) is 0 Å². The highest BCUT2D eigenvalue weighted by molar-refractivity contribution is 5.95. The number of benzene rings is 1. The van der Waals surface area contributed by atoms with Crippen LogP contribution in [-0.4, -0.2) is 52.3 Å². The number of H-pyrrole nitrogens is 1. The summed E-state index contributed by atoms with van der Waals surface area (Å²) in [5.74, 6) is 0.696. The maximum absolute atomic E-state index is 12.3. The Hall–Kier alpha value is -2.21. The Bertz CT molecular complexity index is 562. The molecule has 1 amide bonds. The van der Waals surface area contributed by atoms with E-state index < -0.39 is 0 Å². The monoisotopic (exact) mass is 258 g/mol. The lowest BCUT2D eigenvalue weighted by Gasteiger charge is -2.26. The smallest absolute Gasteiger partial charge is 0.254 e. The molecule has 6 nitrogen and oxygen atoms in total. The van der Waals surface area contributed by atoms with Crippen molar-refractivity contribution in [1.29, 1.82) is 0 Å². The quantitative estimate of drug-likeness (QED) is 0.870. The molecule has 2 heterocycles. The van der Waals surface area contributed by atoms with Crippen molar-refractivity contribution in [3.63, 3.8) is 0 Å². The van der Waals surface area contributed by atoms with E-state index in [4.69, 9.17) is 4.74 Å². The molecule has 1 aromatic carbocycles. The maximum atomic E-state index is 12.3. The fourth-order valence-corrected chi connectivity index (χ4v) is 2.09. The number of aromatic nitrogens is 3. The Morgan fingerprint density at radius 3 is 2.89 bits per heavy atom. The van der Waals surface area contributed by atoms with E-state index >= 15 is 0 Å². The lowest BCUT2D eigenvalue weighted by molar-refractivity contribution is 0.0303. The molecule has 1 aliphatic heterocycles. The van der Waals surface area contributed by atoms with E-state index in [1.54, 1.807) is 0 Å². The van der Waals surface area contributed by atoms with Crippen LogP contribution in [0.25, 0.3) is 11.4 Å². The largest absolute Gasteiger partial charge is 0.378 e. The summed E-state index contributed by atoms with van der Waals surface area (Å²) in [6.45, 7) is 2.50. The van der Waals surface area contributed by atoms with Gasteiger partial charge in [-0.1, -0.05) is 12.1 Å². The van der Waals surface area contributed by atoms with Crippen LogP contribution in [0, 0.1) is 0 Å². The van der Waals surface area contributed by atoms with E-state index in [0.29, 0.717) is 37.7 Å². The molecule has 1 aromatic heterocycles. The molecule has 0 saturated carbocycles. The van der Waals surface area contributed by atoms with Gasteiger partial charge in [-0.2, -0.15) is 5.10 Å². The van der Waals surface area contributed by atoms with Crippen molar-refractivity contribution in [3.05, 3.63) is 36.2 Å². The van der Waals surface area contributed by atoms with Gasteiger partial charge in [0.05, 0.1) is 13.2 Å². The average Bonchev–Trinajstić information content (AvgIpc) is 3.02. The van der Waals surface area contributed by atoms with Crippen molar-refractivity contribution in [1.82, 2.24) is 20.1 Å². The van der Waals surface area contributed by atoms with E-state index in [0.717, 1.165) is 5.56 Å². The molecule has 19 heavy (non-hydrogen) atoms. The van der Waals surface area contributed by atoms with Crippen LogP contribution < -0.4 is 0 Å². The third kappa shape index (κ3) is 2.48. The van der Waals surface area contributed by atoms with Crippen LogP contribution >= 0.6 is 0 Å². The summed E-state index contributed by atoms with van der Waals surface area (Å²) in [4.78, 5) is 18.2. The van der Waals surface area contributed by atoms with Gasteiger partial charge in [0.25, 0.3) is 5.91 Å². The summed E-state index contributed by atoms with van der Waals surface area (Å²) in [5, 5.41) is 6.61. The van der Waals surface area contributed by atoms with Gasteiger partial charge in [-0.3, -0.25) is 9.89 Å². The van der Waals surface area contributed by atoms with Crippen molar-refractivity contribution in [3.8, 4) is 11.4 Å². The summed E-state index contributed by atoms with van der Waals surface area (Å²) < 4.78 is 5.25. The first-order chi connectivity index (χ1) is 9.34. The fourth-order valence-electron chi connectivity index (χ4n) is 2.09. The van der Waals surface area contributed by atoms with E-state index in [2.05, 4.69) is 15.2 Å². The minimum Gasteiger partial charge on any atom is -0.378 e. The number of morpholine rings is 1. The number of carbonyl (C=O) groups excluding carboxylic acids is 1. The summed E-state index contributed by atoms with van der Waals surface area (Å²) in [5.41, 5.74) is 1.52. The molecule has 0 aliphatic carbocycles. The lowest BCUT2D eigenvalue weighted by atomic mass is 10.1. The molecular formula is C13H14N4O2. The highest BCUT2D eigenvalue weighted by atomic mass is 16.5. The summed E-state index contributed by atoms with van der Waals surface area (Å²) in [6, 6.07) is 7.40. The number of rotatable bonds is 2. The Kier molecular flexibility index (Phi) is 3.24. The molecule has 2 aromatic rings. The van der Waals surface area contributed by atoms with Gasteiger partial charge in [0, 0.05) is 24.2 Å². The van der Waals surface area contributed by atoms with E-state index in [9.17, 15) is 4.79 Å². The SMILES string of the molecule is O=C(c1cccc(-c2ncn[nH]2)c1)N1CCOCC1. The van der Waals surface area contributed by atoms with Crippen LogP contribution in [0.15, 0.2) is 30.6 Å². The number of aromatic amines is 1. The zero-order valence-corrected chi connectivity index (χ0v) is 10.4. The lowest BCUT2D eigenvalue weighted by Crippen LogP contribution is -2.40. The first-order valence-corrected chi connectivity index (χ1v) is 6.17. The summed E-state index contributed by atoms with van der Waals surface area (Å²) in [6.07, 6.45) is 1.45. The first-order valence-electron chi connectivity index (χ1n) is 6.17. The van der Waals surface area contributed by atoms with Gasteiger partial charge in [-0.05, 0) is 12.1 Å². The predicted molar refractivity (Wildman–Crippen MR) is 68.5 cm³/mol. The van der Waals surface area contributed by atoms with Crippen molar-refractivity contribution < 1.29 is 9.53 Å². The van der Waals surface area contributed by atoms with Crippen LogP contribution in [0.4, 0.5) is 0 Å². The standard InChI is InChI=1S/C13H14N4O2/c18-13(17-4-6-19-7-5-17)11-3-1-2-10(8-11)12-14-9-15-16-12/h1-3,8-9H,4-7H2,(H,14,15,16). The number of ether oxygens (including phenoxy) is 1. The number of nitrogens with zero attached hydrogens (tertiary/aromatic N) is 3. The topological polar surface area (TPSA) is 71.1 Å². The Morgan fingerprint density at radius 1 is 1.32 bits per heavy atom. The minimum absolute atomic E-state index is 0.0321. The molecule has 1 N–H and O–H groups in total. The van der Waals surface area contributed by atoms with E-state index in [-0.39, 0.29) is 5.91 Å². The van der Waals surface area contributed by atoms with E-state index in [1.165, 1.54) is 6.33 Å². The second-order valence-electron chi connectivity index (χ2n) is 4.32. The molecule has 0 bridgehead atoms. The second-order valence-corrected chi connectivity index (χ2v) is 4.32. The Labute approximate surface area is 110 Å². The minimum atomic E-state index is 0.0321. The number of nitrogens with one attached hydrogen (secondary N) is 1. The fraction of sp³-hybridized carbons (Fsp3) is 0.308. The van der Waals surface area contributed by atoms with Crippen molar-refractivity contribution in [2.75, 3.05) is 26.3 Å². The van der Waals surface area contributed by atoms with Crippen molar-refractivity contribution in [2.24, 2.45) is 0 Å². The summed E-state index contributed by atoms with van der Waals surface area (Å²) >= 11 is 0. The molecule has 0 radical (unpaired) electrons. The van der Waals surface area contributed by atoms with E-state index in [1.807, 2.05) is 29.2 Å². The van der Waals surface area contributed by atoms with Gasteiger partial charge in [0.15, 0.2) is 5.82 Å². The highest BCUT2D eigenvalue weighted by Gasteiger charge is 2.18. The third-order valence-electron chi connectivity index (χ3n) is 3.10. The van der Waals surface area contributed by atoms with Gasteiger partial charge in [-0.15, -0.1) is 0 Å². The Morgan fingerprint density at radius 2 is 2.16 bits per heavy atom. The molecule has 0 atom stereocenters. The highest BCUT2D eigenvalue weighted by Crippen LogP contribution is 2.17. The summed E-state index contributed by atoms with van der Waals surface area (Å²) in [7, 11) is 0. The maximum Gasteiger partial charge on any atom is 0.254 e. The normalized spacial score (nSPS) is 15.5. The van der Waals surface area contributed by atoms with Gasteiger partial charge in [0.1, 0.15) is 6.33 Å². The molecule has 1 aliphatic rings. The molecule has 1 fully saturated rings. The molecule has 98 valence electrons. The predicted octanol–water partition coefficient (Wildman–Crippen LogP) is 0.944. The molecule has 0 spiro atoms. The zero-order chi connectivity index (χ0) is 13.1. The van der Waals surface area contributed by atoms with Gasteiger partial charge in [-0.25, -0.2) is 4.98 Å². The van der Waals surface area contributed by atoms with Crippen LogP contribution in [0.2, 0.25) is 0 Å². The van der Waals surface area contributed by atoms with Gasteiger partial charge >= 0.3 is 0 Å². The molecule has 3 rings (SSSR count). The first kappa shape index (κ1) is 11.9. The molecular weight excluding hydrogens is 244 g/mol. The number of carbonyl (C=O) groups is 1. The zero-order valence-electron chi connectivity index (χ0n) is 10.4.